The Balaban J connectivity index is 2.10. The van der Waals surface area contributed by atoms with Crippen LogP contribution in [0.5, 0.6) is 0 Å². The topological polar surface area (TPSA) is 58.4 Å². The van der Waals surface area contributed by atoms with Gasteiger partial charge in [-0.05, 0) is 0 Å². The first-order valence-electron chi connectivity index (χ1n) is 3.21. The Hall–Kier alpha value is -0.545. The third-order valence-corrected chi connectivity index (χ3v) is 1.46. The lowest BCUT2D eigenvalue weighted by Gasteiger charge is -2.37. The number of nitrogens with zero attached hydrogens (tertiary/aromatic N) is 1. The predicted molar refractivity (Wildman–Crippen MR) is 38.3 cm³/mol. The summed E-state index contributed by atoms with van der Waals surface area (Å²) in [4.78, 5) is 12.3. The van der Waals surface area contributed by atoms with Crippen molar-refractivity contribution in [3.8, 4) is 0 Å². The van der Waals surface area contributed by atoms with Crippen LogP contribution in [0.3, 0.4) is 0 Å². The van der Waals surface area contributed by atoms with E-state index in [0.29, 0.717) is 0 Å². The summed E-state index contributed by atoms with van der Waals surface area (Å²) in [6, 6.07) is 0.209. The monoisotopic (exact) mass is 139 g/mol. The van der Waals surface area contributed by atoms with Gasteiger partial charge in [0.1, 0.15) is 0 Å². The van der Waals surface area contributed by atoms with Gasteiger partial charge in [0.25, 0.3) is 0 Å². The fourth-order valence-corrected chi connectivity index (χ4v) is 0.891. The maximum atomic E-state index is 10.6. The summed E-state index contributed by atoms with van der Waals surface area (Å²) in [5.41, 5.74) is 5.08. The Morgan fingerprint density at radius 1 is 1.80 bits per heavy atom. The summed E-state index contributed by atoms with van der Waals surface area (Å²) >= 11 is 0. The van der Waals surface area contributed by atoms with Gasteiger partial charge in [-0.1, -0.05) is 0 Å². The second-order valence-corrected chi connectivity index (χ2v) is 2.42. The highest BCUT2D eigenvalue weighted by Gasteiger charge is 2.23. The van der Waals surface area contributed by atoms with Crippen LogP contribution in [0, 0.1) is 0 Å². The molecule has 0 spiro atoms. The quantitative estimate of drug-likeness (QED) is 0.428. The number of nitrogens with two attached hydrogens (primary N) is 1. The first kappa shape index (κ1) is 7.56. The molecular weight excluding hydrogens is 129 g/mol. The van der Waals surface area contributed by atoms with E-state index < -0.39 is 0 Å². The number of carbonyl (C=O) groups excluding carboxylic acids is 1. The lowest BCUT2D eigenvalue weighted by atomic mass is 10.0. The van der Waals surface area contributed by atoms with Gasteiger partial charge in [-0.15, -0.1) is 0 Å². The first-order chi connectivity index (χ1) is 4.72. The Morgan fingerprint density at radius 2 is 2.40 bits per heavy atom. The van der Waals surface area contributed by atoms with Crippen molar-refractivity contribution in [1.82, 2.24) is 10.1 Å². The van der Waals surface area contributed by atoms with Crippen LogP contribution in [0.2, 0.25) is 0 Å². The van der Waals surface area contributed by atoms with Crippen molar-refractivity contribution in [1.29, 1.82) is 0 Å². The molecule has 1 heterocycles. The smallest absolute Gasteiger partial charge is 0.234 e. The highest BCUT2D eigenvalue weighted by atomic mass is 16.1. The van der Waals surface area contributed by atoms with Crippen LogP contribution in [0.4, 0.5) is 0 Å². The number of hydrogen-bond acceptors (Lipinski definition) is 3. The van der Waals surface area contributed by atoms with Crippen molar-refractivity contribution in [3.05, 3.63) is 0 Å². The van der Waals surface area contributed by atoms with Gasteiger partial charge >= 0.3 is 0 Å². The summed E-state index contributed by atoms with van der Waals surface area (Å²) in [6.07, 6.45) is 0. The molecule has 0 aromatic heterocycles. The SMILES string of the molecule is [B]N1CC(NC(=O)CN)C1. The molecule has 1 fully saturated rings. The molecule has 1 amide bonds. The van der Waals surface area contributed by atoms with Crippen LogP contribution in [-0.4, -0.2) is 44.4 Å². The molecule has 2 radical (unpaired) electrons. The Bertz CT molecular complexity index is 135. The summed E-state index contributed by atoms with van der Waals surface area (Å²) in [5, 5.41) is 2.71. The maximum Gasteiger partial charge on any atom is 0.234 e. The summed E-state index contributed by atoms with van der Waals surface area (Å²) in [6.45, 7) is 1.51. The molecule has 3 N–H and O–H groups in total. The number of hydrogen-bond donors (Lipinski definition) is 2. The molecule has 0 aromatic carbocycles. The lowest BCUT2D eigenvalue weighted by Crippen LogP contribution is -2.58. The Labute approximate surface area is 61.2 Å². The van der Waals surface area contributed by atoms with E-state index in [-0.39, 0.29) is 18.5 Å². The minimum atomic E-state index is -0.113. The van der Waals surface area contributed by atoms with E-state index in [1.807, 2.05) is 0 Å². The van der Waals surface area contributed by atoms with Crippen LogP contribution < -0.4 is 11.1 Å². The normalized spacial score (nSPS) is 20.1. The third-order valence-electron chi connectivity index (χ3n) is 1.46. The average Bonchev–Trinajstić information content (AvgIpc) is 1.84. The zero-order chi connectivity index (χ0) is 7.56. The van der Waals surface area contributed by atoms with Gasteiger partial charge in [-0.3, -0.25) is 4.79 Å². The van der Waals surface area contributed by atoms with Gasteiger partial charge < -0.3 is 15.9 Å². The van der Waals surface area contributed by atoms with E-state index in [1.165, 1.54) is 0 Å². The van der Waals surface area contributed by atoms with Crippen LogP contribution in [0.15, 0.2) is 0 Å². The molecule has 1 aliphatic rings. The van der Waals surface area contributed by atoms with E-state index in [9.17, 15) is 4.79 Å². The predicted octanol–water partition coefficient (Wildman–Crippen LogP) is -2.17. The minimum absolute atomic E-state index is 0.0566. The maximum absolute atomic E-state index is 10.6. The van der Waals surface area contributed by atoms with Crippen molar-refractivity contribution >= 4 is 13.9 Å². The molecule has 0 unspecified atom stereocenters. The van der Waals surface area contributed by atoms with Gasteiger partial charge in [0.15, 0.2) is 7.98 Å². The number of amides is 1. The Morgan fingerprint density at radius 3 is 2.80 bits per heavy atom. The minimum Gasteiger partial charge on any atom is -0.350 e. The molecule has 5 heteroatoms. The van der Waals surface area contributed by atoms with Crippen LogP contribution in [0.1, 0.15) is 0 Å². The van der Waals surface area contributed by atoms with Gasteiger partial charge in [0.05, 0.1) is 12.6 Å². The molecule has 1 saturated heterocycles. The summed E-state index contributed by atoms with van der Waals surface area (Å²) in [7, 11) is 5.34. The zero-order valence-electron chi connectivity index (χ0n) is 5.71. The standard InChI is InChI=1S/C5H10BN3O/c6-9-2-4(3-9)8-5(10)1-7/h4H,1-3,7H2,(H,8,10). The molecule has 54 valence electrons. The fraction of sp³-hybridized carbons (Fsp3) is 0.800. The number of carbonyl (C=O) groups is 1. The van der Waals surface area contributed by atoms with E-state index in [0.717, 1.165) is 13.1 Å². The van der Waals surface area contributed by atoms with Gasteiger partial charge in [-0.2, -0.15) is 0 Å². The molecule has 0 bridgehead atoms. The second-order valence-electron chi connectivity index (χ2n) is 2.42. The van der Waals surface area contributed by atoms with Crippen molar-refractivity contribution in [2.45, 2.75) is 6.04 Å². The highest BCUT2D eigenvalue weighted by Crippen LogP contribution is 2.01. The molecule has 0 atom stereocenters. The molecule has 0 aliphatic carbocycles. The number of rotatable bonds is 2. The van der Waals surface area contributed by atoms with Crippen LogP contribution in [0.25, 0.3) is 0 Å². The van der Waals surface area contributed by atoms with Gasteiger partial charge in [-0.25, -0.2) is 0 Å². The molecule has 1 aliphatic heterocycles. The van der Waals surface area contributed by atoms with Crippen LogP contribution >= 0.6 is 0 Å². The van der Waals surface area contributed by atoms with Gasteiger partial charge in [0, 0.05) is 13.1 Å². The molecule has 0 aromatic rings. The molecule has 1 rings (SSSR count). The molecule has 4 nitrogen and oxygen atoms in total. The molecular formula is C5H10BN3O. The van der Waals surface area contributed by atoms with E-state index in [2.05, 4.69) is 5.32 Å². The number of nitrogens with one attached hydrogen (secondary N) is 1. The van der Waals surface area contributed by atoms with E-state index in [1.54, 1.807) is 4.81 Å². The zero-order valence-corrected chi connectivity index (χ0v) is 5.71. The van der Waals surface area contributed by atoms with Crippen molar-refractivity contribution in [2.75, 3.05) is 19.6 Å². The van der Waals surface area contributed by atoms with Crippen molar-refractivity contribution in [2.24, 2.45) is 5.73 Å². The lowest BCUT2D eigenvalue weighted by molar-refractivity contribution is -0.121. The van der Waals surface area contributed by atoms with Crippen LogP contribution in [-0.2, 0) is 4.79 Å². The highest BCUT2D eigenvalue weighted by molar-refractivity contribution is 6.05. The van der Waals surface area contributed by atoms with E-state index in [4.69, 9.17) is 13.7 Å². The first-order valence-corrected chi connectivity index (χ1v) is 3.21. The van der Waals surface area contributed by atoms with Gasteiger partial charge in [0.2, 0.25) is 5.91 Å². The van der Waals surface area contributed by atoms with E-state index >= 15 is 0 Å². The summed E-state index contributed by atoms with van der Waals surface area (Å²) < 4.78 is 0. The average molecular weight is 139 g/mol. The Kier molecular flexibility index (Phi) is 2.29. The summed E-state index contributed by atoms with van der Waals surface area (Å²) in [5.74, 6) is -0.113. The molecule has 10 heavy (non-hydrogen) atoms. The molecule has 0 saturated carbocycles. The van der Waals surface area contributed by atoms with Crippen molar-refractivity contribution < 1.29 is 4.79 Å². The third kappa shape index (κ3) is 1.72. The fourth-order valence-electron chi connectivity index (χ4n) is 0.891. The second kappa shape index (κ2) is 3.03. The van der Waals surface area contributed by atoms with Crippen molar-refractivity contribution in [3.63, 3.8) is 0 Å². The largest absolute Gasteiger partial charge is 0.350 e.